The van der Waals surface area contributed by atoms with E-state index in [1.165, 1.54) is 62.5 Å². The van der Waals surface area contributed by atoms with Gasteiger partial charge in [-0.15, -0.1) is 0 Å². The van der Waals surface area contributed by atoms with E-state index in [1.807, 2.05) is 171 Å². The molecule has 0 fully saturated rings. The van der Waals surface area contributed by atoms with Crippen molar-refractivity contribution in [3.05, 3.63) is 288 Å². The van der Waals surface area contributed by atoms with Gasteiger partial charge in [0.1, 0.15) is 73.6 Å². The van der Waals surface area contributed by atoms with Crippen molar-refractivity contribution < 1.29 is 76.2 Å². The minimum absolute atomic E-state index is 0.268. The molecule has 0 aliphatic carbocycles. The molecule has 0 unspecified atom stereocenters. The van der Waals surface area contributed by atoms with Crippen LogP contribution in [0.15, 0.2) is 255 Å². The number of para-hydroxylation sites is 8. The molecule has 0 radical (unpaired) electrons. The molecule has 16 rings (SSSR count). The first-order chi connectivity index (χ1) is 49.9. The highest BCUT2D eigenvalue weighted by Crippen LogP contribution is 2.41. The van der Waals surface area contributed by atoms with E-state index in [0.717, 1.165) is 62.2 Å². The summed E-state index contributed by atoms with van der Waals surface area (Å²) in [6, 6.07) is 66.7. The average Bonchev–Trinajstić information content (AvgIpc) is 1.52. The third-order valence-corrected chi connectivity index (χ3v) is 19.6. The summed E-state index contributed by atoms with van der Waals surface area (Å²) < 4.78 is 111. The van der Waals surface area contributed by atoms with Gasteiger partial charge < -0.3 is 17.7 Å². The second-order valence-corrected chi connectivity index (χ2v) is 26.3. The number of alkyl halides is 3. The maximum atomic E-state index is 14.8. The van der Waals surface area contributed by atoms with Crippen LogP contribution in [0.4, 0.5) is 22.0 Å². The van der Waals surface area contributed by atoms with Crippen LogP contribution in [-0.2, 0) is 62.6 Å². The van der Waals surface area contributed by atoms with Crippen LogP contribution in [0.5, 0.6) is 0 Å². The highest BCUT2D eigenvalue weighted by molar-refractivity contribution is 5.82. The fraction of sp³-hybridized carbons (Fsp3) is 0.172. The summed E-state index contributed by atoms with van der Waals surface area (Å²) in [6.07, 6.45) is 3.35. The number of aryl methyl sites for hydroxylation is 10. The van der Waals surface area contributed by atoms with Crippen molar-refractivity contribution in [2.24, 2.45) is 56.4 Å². The number of aromatic nitrogens is 8. The summed E-state index contributed by atoms with van der Waals surface area (Å²) in [5.74, 6) is 1.31. The Kier molecular flexibility index (Phi) is 19.4. The molecule has 0 atom stereocenters. The van der Waals surface area contributed by atoms with Crippen molar-refractivity contribution in [2.75, 3.05) is 0 Å². The number of hydrogen-bond acceptors (Lipinski definition) is 4. The Morgan fingerprint density at radius 1 is 0.279 bits per heavy atom. The maximum Gasteiger partial charge on any atom is 0.416 e. The Hall–Kier alpha value is -12.1. The topological polar surface area (TPSA) is 83.6 Å². The van der Waals surface area contributed by atoms with E-state index in [-0.39, 0.29) is 5.56 Å². The van der Waals surface area contributed by atoms with Gasteiger partial charge in [0.05, 0.1) is 44.5 Å². The zero-order valence-corrected chi connectivity index (χ0v) is 60.6. The lowest BCUT2D eigenvalue weighted by Crippen LogP contribution is -2.31. The molecule has 0 aliphatic heterocycles. The Bertz CT molecular complexity index is 5800. The van der Waals surface area contributed by atoms with Crippen molar-refractivity contribution in [3.63, 3.8) is 0 Å². The lowest BCUT2D eigenvalue weighted by Gasteiger charge is -2.13. The predicted molar refractivity (Wildman–Crippen MR) is 391 cm³/mol. The van der Waals surface area contributed by atoms with Gasteiger partial charge in [-0.1, -0.05) is 60.7 Å². The van der Waals surface area contributed by atoms with Gasteiger partial charge >= 0.3 is 29.7 Å². The zero-order valence-electron chi connectivity index (χ0n) is 60.6. The molecule has 0 N–H and O–H groups in total. The third kappa shape index (κ3) is 13.2. The highest BCUT2D eigenvalue weighted by atomic mass is 19.4. The fourth-order valence-electron chi connectivity index (χ4n) is 14.2. The first-order valence-corrected chi connectivity index (χ1v) is 34.1. The summed E-state index contributed by atoms with van der Waals surface area (Å²) >= 11 is 0. The molecule has 520 valence electrons. The summed E-state index contributed by atoms with van der Waals surface area (Å²) in [7, 11) is 15.5. The molecule has 0 saturated heterocycles. The zero-order chi connectivity index (χ0) is 73.6. The van der Waals surface area contributed by atoms with Crippen LogP contribution < -0.4 is 36.5 Å². The van der Waals surface area contributed by atoms with Crippen LogP contribution in [0.1, 0.15) is 38.9 Å². The van der Waals surface area contributed by atoms with E-state index in [4.69, 9.17) is 17.7 Å². The van der Waals surface area contributed by atoms with Gasteiger partial charge in [0, 0.05) is 78.9 Å². The molecule has 12 nitrogen and oxygen atoms in total. The maximum absolute atomic E-state index is 14.8. The van der Waals surface area contributed by atoms with Crippen LogP contribution in [0.25, 0.3) is 135 Å². The van der Waals surface area contributed by atoms with E-state index >= 15 is 0 Å². The second-order valence-electron chi connectivity index (χ2n) is 26.3. The van der Waals surface area contributed by atoms with Crippen molar-refractivity contribution in [2.45, 2.75) is 47.7 Å². The molecular weight excluding hydrogens is 1320 g/mol. The highest BCUT2D eigenvalue weighted by Gasteiger charge is 2.37. The van der Waals surface area contributed by atoms with Gasteiger partial charge in [0.25, 0.3) is 22.1 Å². The molecule has 0 saturated carbocycles. The SMILES string of the molecule is Cc1c(-c2cccc[n+]2C)c(F)cc(F)c1-c1oc2ccccc2[n+]1C.Cc1c(-c2cccc[n+]2C)cc(C(F)(F)F)cc1-c1oc2ccccc2[n+]1C.Cc1c(-c2cccc[n+]2C)cccc1-c1oc2ccccc2[n+]1C.Cc1cc(C)c(-c2oc3ccccc3[n+]2C)c(C)c1-c1cccc[n+]1C. The minimum atomic E-state index is -4.46. The molecule has 16 aromatic rings. The van der Waals surface area contributed by atoms with Crippen molar-refractivity contribution in [3.8, 4) is 90.8 Å². The van der Waals surface area contributed by atoms with E-state index in [2.05, 4.69) is 153 Å². The molecule has 104 heavy (non-hydrogen) atoms. The Morgan fingerprint density at radius 2 is 0.606 bits per heavy atom. The summed E-state index contributed by atoms with van der Waals surface area (Å²) in [4.78, 5) is 0. The lowest BCUT2D eigenvalue weighted by molar-refractivity contribution is -0.660. The van der Waals surface area contributed by atoms with Gasteiger partial charge in [0.2, 0.25) is 45.1 Å². The van der Waals surface area contributed by atoms with E-state index in [9.17, 15) is 22.0 Å². The summed E-state index contributed by atoms with van der Waals surface area (Å²) in [5.41, 5.74) is 22.6. The molecule has 0 aliphatic rings. The molecule has 0 spiro atoms. The van der Waals surface area contributed by atoms with Gasteiger partial charge in [-0.05, 0) is 148 Å². The van der Waals surface area contributed by atoms with Crippen LogP contribution in [-0.4, -0.2) is 0 Å². The van der Waals surface area contributed by atoms with E-state index < -0.39 is 23.4 Å². The van der Waals surface area contributed by atoms with Gasteiger partial charge in [-0.25, -0.2) is 27.0 Å². The van der Waals surface area contributed by atoms with Gasteiger partial charge in [-0.2, -0.15) is 31.4 Å². The monoisotopic (exact) mass is 1400 g/mol. The molecule has 0 amide bonds. The van der Waals surface area contributed by atoms with Crippen molar-refractivity contribution >= 4 is 44.4 Å². The number of benzene rings is 8. The first kappa shape index (κ1) is 70.3. The molecule has 0 bridgehead atoms. The second kappa shape index (κ2) is 28.7. The number of rotatable bonds is 8. The van der Waals surface area contributed by atoms with Crippen LogP contribution in [0.3, 0.4) is 0 Å². The quantitative estimate of drug-likeness (QED) is 0.112. The van der Waals surface area contributed by atoms with Crippen LogP contribution >= 0.6 is 0 Å². The predicted octanol–water partition coefficient (Wildman–Crippen LogP) is 16.8. The van der Waals surface area contributed by atoms with Crippen molar-refractivity contribution in [1.82, 2.24) is 0 Å². The largest absolute Gasteiger partial charge is 0.416 e. The number of hydrogen-bond donors (Lipinski definition) is 0. The number of halogens is 5. The number of fused-ring (bicyclic) bond motifs is 4. The average molecular weight is 1400 g/mol. The number of oxazole rings is 4. The fourth-order valence-corrected chi connectivity index (χ4v) is 14.2. The molecule has 17 heteroatoms. The Morgan fingerprint density at radius 3 is 1.05 bits per heavy atom. The van der Waals surface area contributed by atoms with E-state index in [0.29, 0.717) is 56.6 Å². The normalized spacial score (nSPS) is 11.4. The van der Waals surface area contributed by atoms with E-state index in [1.54, 1.807) is 29.2 Å². The standard InChI is InChI=1S/C23H24N2O.C22H19F3N2O.C21H18F2N2O.C21H20N2O/c1-15-14-16(2)22(17(3)21(15)19-11-8-9-13-24(19)4)23-25(5)18-10-6-7-12-20(18)26-23;1-14-16(18-8-6-7-11-26(18)2)12-15(22(23,24)25)13-17(14)21-27(3)19-9-4-5-10-20(19)28-21;1-13-19(17-9-6-7-11-24(17)2)14(22)12-15(23)20(13)21-25(3)16-8-4-5-10-18(16)26-21;1-15-16(18-11-6-7-14-22(18)2)9-8-10-17(15)21-23(3)19-12-4-5-13-20(19)24-21/h6-14H,1-5H3;4-13H,1-3H3;4-12H,1-3H3;4-14H,1-3H3/q4*+2. The van der Waals surface area contributed by atoms with Crippen LogP contribution in [0, 0.1) is 53.2 Å². The number of nitrogens with zero attached hydrogens (tertiary/aromatic N) is 8. The Labute approximate surface area is 600 Å². The molecule has 8 aromatic carbocycles. The van der Waals surface area contributed by atoms with Gasteiger partial charge in [-0.3, -0.25) is 0 Å². The van der Waals surface area contributed by atoms with Gasteiger partial charge in [0.15, 0.2) is 24.8 Å². The number of pyridine rings is 4. The molecule has 8 heterocycles. The lowest BCUT2D eigenvalue weighted by atomic mass is 9.91. The summed E-state index contributed by atoms with van der Waals surface area (Å²) in [6.45, 7) is 12.2. The molecule has 8 aromatic heterocycles. The molecular formula is C87H81F5N8O4+8. The smallest absolute Gasteiger partial charge is 0.398 e. The summed E-state index contributed by atoms with van der Waals surface area (Å²) in [5, 5.41) is 0. The van der Waals surface area contributed by atoms with Crippen molar-refractivity contribution in [1.29, 1.82) is 0 Å². The third-order valence-electron chi connectivity index (χ3n) is 19.6. The van der Waals surface area contributed by atoms with Crippen LogP contribution in [0.2, 0.25) is 0 Å². The first-order valence-electron chi connectivity index (χ1n) is 34.1. The minimum Gasteiger partial charge on any atom is -0.398 e. The Balaban J connectivity index is 0.000000123.